The van der Waals surface area contributed by atoms with Crippen LogP contribution >= 0.6 is 0 Å². The zero-order valence-corrected chi connectivity index (χ0v) is 10.9. The van der Waals surface area contributed by atoms with Crippen LogP contribution in [-0.2, 0) is 0 Å². The molecule has 2 aromatic rings. The number of ether oxygens (including phenoxy) is 1. The van der Waals surface area contributed by atoms with E-state index in [0.717, 1.165) is 33.6 Å². The Balaban J connectivity index is 2.53. The molecule has 0 aliphatic carbocycles. The molecule has 1 aromatic heterocycles. The Morgan fingerprint density at radius 3 is 2.83 bits per heavy atom. The molecule has 2 heteroatoms. The largest absolute Gasteiger partial charge is 0.496 e. The third kappa shape index (κ3) is 2.12. The second-order valence-electron chi connectivity index (χ2n) is 4.22. The number of terminal acetylenes is 1. The Kier molecular flexibility index (Phi) is 3.43. The zero-order chi connectivity index (χ0) is 13.1. The first-order valence-electron chi connectivity index (χ1n) is 5.85. The molecule has 1 aromatic carbocycles. The standard InChI is InChI=1S/C16H16O2/c1-5-6-7-8-14-12(3)13-10-15(17-4)11(2)9-16(13)18-14/h1,7-10H,6H2,2-4H3/b8-7-. The van der Waals surface area contributed by atoms with E-state index in [1.165, 1.54) is 0 Å². The molecule has 0 radical (unpaired) electrons. The molecule has 0 spiro atoms. The van der Waals surface area contributed by atoms with Gasteiger partial charge in [0.25, 0.3) is 0 Å². The molecule has 0 aliphatic heterocycles. The van der Waals surface area contributed by atoms with Gasteiger partial charge in [0.05, 0.1) is 7.11 Å². The van der Waals surface area contributed by atoms with Crippen LogP contribution in [0.25, 0.3) is 17.0 Å². The van der Waals surface area contributed by atoms with Gasteiger partial charge in [-0.3, -0.25) is 0 Å². The minimum absolute atomic E-state index is 0.610. The molecule has 18 heavy (non-hydrogen) atoms. The van der Waals surface area contributed by atoms with Crippen molar-refractivity contribution in [3.63, 3.8) is 0 Å². The van der Waals surface area contributed by atoms with Crippen molar-refractivity contribution in [3.05, 3.63) is 35.1 Å². The second-order valence-corrected chi connectivity index (χ2v) is 4.22. The number of furan rings is 1. The van der Waals surface area contributed by atoms with Crippen molar-refractivity contribution in [2.45, 2.75) is 20.3 Å². The smallest absolute Gasteiger partial charge is 0.135 e. The van der Waals surface area contributed by atoms with Gasteiger partial charge in [0, 0.05) is 17.4 Å². The van der Waals surface area contributed by atoms with Crippen LogP contribution in [0.5, 0.6) is 5.75 Å². The lowest BCUT2D eigenvalue weighted by Gasteiger charge is -2.03. The van der Waals surface area contributed by atoms with Crippen molar-refractivity contribution in [2.75, 3.05) is 7.11 Å². The normalized spacial score (nSPS) is 11.0. The van der Waals surface area contributed by atoms with Crippen molar-refractivity contribution in [2.24, 2.45) is 0 Å². The van der Waals surface area contributed by atoms with Crippen molar-refractivity contribution in [3.8, 4) is 18.1 Å². The molecule has 0 aliphatic rings. The van der Waals surface area contributed by atoms with Crippen LogP contribution in [0.4, 0.5) is 0 Å². The lowest BCUT2D eigenvalue weighted by atomic mass is 10.1. The molecular formula is C16H16O2. The molecule has 92 valence electrons. The highest BCUT2D eigenvalue weighted by Crippen LogP contribution is 2.31. The van der Waals surface area contributed by atoms with E-state index < -0.39 is 0 Å². The van der Waals surface area contributed by atoms with Gasteiger partial charge in [-0.2, -0.15) is 0 Å². The lowest BCUT2D eigenvalue weighted by molar-refractivity contribution is 0.412. The van der Waals surface area contributed by atoms with Gasteiger partial charge in [-0.15, -0.1) is 12.3 Å². The summed E-state index contributed by atoms with van der Waals surface area (Å²) in [5.74, 6) is 4.30. The Morgan fingerprint density at radius 2 is 2.17 bits per heavy atom. The maximum atomic E-state index is 5.81. The monoisotopic (exact) mass is 240 g/mol. The zero-order valence-electron chi connectivity index (χ0n) is 10.9. The predicted molar refractivity (Wildman–Crippen MR) is 74.7 cm³/mol. The fourth-order valence-corrected chi connectivity index (χ4v) is 1.98. The first-order chi connectivity index (χ1) is 8.67. The number of aryl methyl sites for hydroxylation is 2. The van der Waals surface area contributed by atoms with Crippen molar-refractivity contribution in [1.29, 1.82) is 0 Å². The highest BCUT2D eigenvalue weighted by Gasteiger charge is 2.11. The molecular weight excluding hydrogens is 224 g/mol. The highest BCUT2D eigenvalue weighted by atomic mass is 16.5. The molecule has 0 saturated carbocycles. The van der Waals surface area contributed by atoms with E-state index in [1.54, 1.807) is 7.11 Å². The van der Waals surface area contributed by atoms with Gasteiger partial charge in [0.1, 0.15) is 17.1 Å². The summed E-state index contributed by atoms with van der Waals surface area (Å²) in [5.41, 5.74) is 3.06. The number of rotatable bonds is 3. The van der Waals surface area contributed by atoms with Crippen molar-refractivity contribution >= 4 is 17.0 Å². The molecule has 0 N–H and O–H groups in total. The van der Waals surface area contributed by atoms with Crippen molar-refractivity contribution < 1.29 is 9.15 Å². The predicted octanol–water partition coefficient (Wildman–Crippen LogP) is 4.09. The number of fused-ring (bicyclic) bond motifs is 1. The number of hydrogen-bond donors (Lipinski definition) is 0. The summed E-state index contributed by atoms with van der Waals surface area (Å²) in [7, 11) is 1.68. The van der Waals surface area contributed by atoms with E-state index in [-0.39, 0.29) is 0 Å². The van der Waals surface area contributed by atoms with E-state index in [0.29, 0.717) is 6.42 Å². The maximum Gasteiger partial charge on any atom is 0.135 e. The Labute approximate surface area is 107 Å². The summed E-state index contributed by atoms with van der Waals surface area (Å²) in [6.07, 6.45) is 9.68. The van der Waals surface area contributed by atoms with Crippen LogP contribution in [0, 0.1) is 26.2 Å². The van der Waals surface area contributed by atoms with Gasteiger partial charge in [-0.25, -0.2) is 0 Å². The fraction of sp³-hybridized carbons (Fsp3) is 0.250. The van der Waals surface area contributed by atoms with E-state index >= 15 is 0 Å². The summed E-state index contributed by atoms with van der Waals surface area (Å²) in [4.78, 5) is 0. The minimum Gasteiger partial charge on any atom is -0.496 e. The number of benzene rings is 1. The fourth-order valence-electron chi connectivity index (χ4n) is 1.98. The van der Waals surface area contributed by atoms with Gasteiger partial charge >= 0.3 is 0 Å². The average Bonchev–Trinajstić information content (AvgIpc) is 2.65. The van der Waals surface area contributed by atoms with Crippen molar-refractivity contribution in [1.82, 2.24) is 0 Å². The van der Waals surface area contributed by atoms with Crippen LogP contribution < -0.4 is 4.74 Å². The van der Waals surface area contributed by atoms with Crippen LogP contribution in [0.2, 0.25) is 0 Å². The van der Waals surface area contributed by atoms with E-state index in [4.69, 9.17) is 15.6 Å². The summed E-state index contributed by atoms with van der Waals surface area (Å²) < 4.78 is 11.1. The molecule has 0 amide bonds. The first kappa shape index (κ1) is 12.3. The molecule has 0 saturated heterocycles. The number of hydrogen-bond acceptors (Lipinski definition) is 2. The van der Waals surface area contributed by atoms with Gasteiger partial charge < -0.3 is 9.15 Å². The first-order valence-corrected chi connectivity index (χ1v) is 5.85. The lowest BCUT2D eigenvalue weighted by Crippen LogP contribution is -1.86. The third-order valence-corrected chi connectivity index (χ3v) is 3.00. The molecule has 0 atom stereocenters. The molecule has 0 fully saturated rings. The summed E-state index contributed by atoms with van der Waals surface area (Å²) in [5, 5.41) is 1.08. The maximum absolute atomic E-state index is 5.81. The quantitative estimate of drug-likeness (QED) is 0.754. The van der Waals surface area contributed by atoms with Gasteiger partial charge in [-0.05, 0) is 37.6 Å². The van der Waals surface area contributed by atoms with Crippen LogP contribution in [-0.4, -0.2) is 7.11 Å². The van der Waals surface area contributed by atoms with E-state index in [9.17, 15) is 0 Å². The average molecular weight is 240 g/mol. The third-order valence-electron chi connectivity index (χ3n) is 3.00. The Hall–Kier alpha value is -2.14. The van der Waals surface area contributed by atoms with Crippen LogP contribution in [0.15, 0.2) is 22.6 Å². The van der Waals surface area contributed by atoms with Gasteiger partial charge in [0.15, 0.2) is 0 Å². The highest BCUT2D eigenvalue weighted by molar-refractivity contribution is 5.86. The van der Waals surface area contributed by atoms with E-state index in [2.05, 4.69) is 5.92 Å². The molecule has 0 bridgehead atoms. The summed E-state index contributed by atoms with van der Waals surface area (Å²) in [6.45, 7) is 4.04. The molecule has 2 rings (SSSR count). The topological polar surface area (TPSA) is 22.4 Å². The summed E-state index contributed by atoms with van der Waals surface area (Å²) in [6, 6.07) is 4.02. The van der Waals surface area contributed by atoms with Gasteiger partial charge in [0.2, 0.25) is 0 Å². The SMILES string of the molecule is C#CC/C=C\c1oc2cc(C)c(OC)cc2c1C. The molecule has 0 unspecified atom stereocenters. The van der Waals surface area contributed by atoms with Crippen LogP contribution in [0.3, 0.4) is 0 Å². The van der Waals surface area contributed by atoms with Crippen LogP contribution in [0.1, 0.15) is 23.3 Å². The minimum atomic E-state index is 0.610. The Bertz CT molecular complexity index is 639. The van der Waals surface area contributed by atoms with Gasteiger partial charge in [-0.1, -0.05) is 6.08 Å². The molecule has 2 nitrogen and oxygen atoms in total. The molecule has 1 heterocycles. The summed E-state index contributed by atoms with van der Waals surface area (Å²) >= 11 is 0. The van der Waals surface area contributed by atoms with E-state index in [1.807, 2.05) is 38.1 Å². The number of allylic oxidation sites excluding steroid dienone is 1. The second kappa shape index (κ2) is 5.01. The Morgan fingerprint density at radius 1 is 1.39 bits per heavy atom. The number of methoxy groups -OCH3 is 1.